The molecule has 0 aliphatic carbocycles. The van der Waals surface area contributed by atoms with Crippen molar-refractivity contribution >= 4 is 39.1 Å². The molecular formula is C17H17ClN2O5S. The van der Waals surface area contributed by atoms with Gasteiger partial charge in [0.1, 0.15) is 5.75 Å². The molecule has 0 bridgehead atoms. The average Bonchev–Trinajstić information content (AvgIpc) is 2.54. The van der Waals surface area contributed by atoms with Crippen LogP contribution in [-0.4, -0.2) is 26.3 Å². The first-order valence-electron chi connectivity index (χ1n) is 7.54. The zero-order chi connectivity index (χ0) is 19.3. The van der Waals surface area contributed by atoms with Gasteiger partial charge in [-0.25, -0.2) is 13.1 Å². The van der Waals surface area contributed by atoms with Crippen LogP contribution in [0.2, 0.25) is 5.02 Å². The Morgan fingerprint density at radius 1 is 1.12 bits per heavy atom. The van der Waals surface area contributed by atoms with E-state index in [1.165, 1.54) is 24.3 Å². The van der Waals surface area contributed by atoms with E-state index >= 15 is 0 Å². The highest BCUT2D eigenvalue weighted by atomic mass is 35.5. The van der Waals surface area contributed by atoms with E-state index in [2.05, 4.69) is 5.32 Å². The molecule has 0 heterocycles. The fraction of sp³-hybridized carbons (Fsp3) is 0.176. The highest BCUT2D eigenvalue weighted by molar-refractivity contribution is 7.90. The molecule has 0 spiro atoms. The zero-order valence-corrected chi connectivity index (χ0v) is 15.6. The topological polar surface area (TPSA) is 102 Å². The van der Waals surface area contributed by atoms with Crippen molar-refractivity contribution < 1.29 is 22.7 Å². The first-order chi connectivity index (χ1) is 12.2. The summed E-state index contributed by atoms with van der Waals surface area (Å²) in [6.07, 6.45) is -0.795. The molecule has 2 amide bonds. The number of amides is 2. The molecule has 0 saturated carbocycles. The maximum atomic E-state index is 12.2. The van der Waals surface area contributed by atoms with Gasteiger partial charge in [-0.15, -0.1) is 0 Å². The third-order valence-electron chi connectivity index (χ3n) is 3.19. The van der Waals surface area contributed by atoms with Gasteiger partial charge in [0, 0.05) is 17.6 Å². The summed E-state index contributed by atoms with van der Waals surface area (Å²) in [5.41, 5.74) is 0.387. The Hall–Kier alpha value is -2.58. The number of ether oxygens (including phenoxy) is 1. The molecule has 0 aromatic heterocycles. The summed E-state index contributed by atoms with van der Waals surface area (Å²) in [6.45, 7) is 2.68. The summed E-state index contributed by atoms with van der Waals surface area (Å²) in [7, 11) is -3.92. The van der Waals surface area contributed by atoms with Gasteiger partial charge in [0.2, 0.25) is 5.91 Å². The molecule has 1 atom stereocenters. The molecule has 0 saturated heterocycles. The Labute approximate surface area is 156 Å². The van der Waals surface area contributed by atoms with Gasteiger partial charge in [0.05, 0.1) is 4.90 Å². The summed E-state index contributed by atoms with van der Waals surface area (Å²) in [6, 6.07) is 12.1. The highest BCUT2D eigenvalue weighted by Crippen LogP contribution is 2.19. The number of rotatable bonds is 6. The van der Waals surface area contributed by atoms with Crippen molar-refractivity contribution in [3.8, 4) is 5.75 Å². The smallest absolute Gasteiger partial charge is 0.265 e. The maximum Gasteiger partial charge on any atom is 0.265 e. The second-order valence-electron chi connectivity index (χ2n) is 5.39. The van der Waals surface area contributed by atoms with E-state index < -0.39 is 27.9 Å². The highest BCUT2D eigenvalue weighted by Gasteiger charge is 2.17. The number of anilines is 1. The summed E-state index contributed by atoms with van der Waals surface area (Å²) in [5, 5.41) is 3.11. The number of hydrogen-bond acceptors (Lipinski definition) is 5. The maximum absolute atomic E-state index is 12.2. The Morgan fingerprint density at radius 2 is 1.77 bits per heavy atom. The molecule has 138 valence electrons. The standard InChI is InChI=1S/C17H17ClN2O5S/c1-11(25-15-5-3-4-13(18)10-15)17(22)19-14-6-8-16(9-7-14)26(23,24)20-12(2)21/h3-11H,1-2H3,(H,19,22)(H,20,21)/t11-/m0/s1. The Morgan fingerprint density at radius 3 is 2.35 bits per heavy atom. The molecule has 0 radical (unpaired) electrons. The Balaban J connectivity index is 2.01. The van der Waals surface area contributed by atoms with Crippen molar-refractivity contribution in [1.29, 1.82) is 0 Å². The quantitative estimate of drug-likeness (QED) is 0.781. The van der Waals surface area contributed by atoms with Gasteiger partial charge in [0.15, 0.2) is 6.10 Å². The average molecular weight is 397 g/mol. The third-order valence-corrected chi connectivity index (χ3v) is 4.87. The molecule has 2 aromatic carbocycles. The molecule has 0 fully saturated rings. The SMILES string of the molecule is CC(=O)NS(=O)(=O)c1ccc(NC(=O)[C@H](C)Oc2cccc(Cl)c2)cc1. The third kappa shape index (κ3) is 5.47. The van der Waals surface area contributed by atoms with E-state index in [0.29, 0.717) is 16.5 Å². The van der Waals surface area contributed by atoms with Gasteiger partial charge in [-0.3, -0.25) is 9.59 Å². The minimum atomic E-state index is -3.92. The lowest BCUT2D eigenvalue weighted by Gasteiger charge is -2.15. The van der Waals surface area contributed by atoms with Crippen LogP contribution in [0.15, 0.2) is 53.4 Å². The monoisotopic (exact) mass is 396 g/mol. The molecule has 0 aliphatic heterocycles. The van der Waals surface area contributed by atoms with Crippen molar-refractivity contribution in [2.45, 2.75) is 24.8 Å². The van der Waals surface area contributed by atoms with E-state index in [4.69, 9.17) is 16.3 Å². The van der Waals surface area contributed by atoms with Crippen LogP contribution in [0.25, 0.3) is 0 Å². The van der Waals surface area contributed by atoms with Crippen molar-refractivity contribution in [3.63, 3.8) is 0 Å². The molecule has 2 N–H and O–H groups in total. The van der Waals surface area contributed by atoms with Crippen molar-refractivity contribution in [1.82, 2.24) is 4.72 Å². The fourth-order valence-corrected chi connectivity index (χ4v) is 3.18. The van der Waals surface area contributed by atoms with Crippen LogP contribution >= 0.6 is 11.6 Å². The van der Waals surface area contributed by atoms with Crippen LogP contribution in [-0.2, 0) is 19.6 Å². The van der Waals surface area contributed by atoms with Crippen LogP contribution in [0.4, 0.5) is 5.69 Å². The molecule has 0 unspecified atom stereocenters. The molecule has 26 heavy (non-hydrogen) atoms. The van der Waals surface area contributed by atoms with Crippen LogP contribution < -0.4 is 14.8 Å². The van der Waals surface area contributed by atoms with Gasteiger partial charge in [-0.2, -0.15) is 0 Å². The van der Waals surface area contributed by atoms with E-state index in [0.717, 1.165) is 6.92 Å². The summed E-state index contributed by atoms with van der Waals surface area (Å²) in [4.78, 5) is 23.0. The summed E-state index contributed by atoms with van der Waals surface area (Å²) >= 11 is 5.86. The second kappa shape index (κ2) is 8.20. The lowest BCUT2D eigenvalue weighted by Crippen LogP contribution is -2.30. The number of hydrogen-bond donors (Lipinski definition) is 2. The first-order valence-corrected chi connectivity index (χ1v) is 9.40. The normalized spacial score (nSPS) is 12.1. The number of halogens is 1. The van der Waals surface area contributed by atoms with Gasteiger partial charge >= 0.3 is 0 Å². The number of carbonyl (C=O) groups is 2. The van der Waals surface area contributed by atoms with Gasteiger partial charge in [0.25, 0.3) is 15.9 Å². The van der Waals surface area contributed by atoms with Crippen LogP contribution in [0.3, 0.4) is 0 Å². The van der Waals surface area contributed by atoms with Crippen molar-refractivity contribution in [2.24, 2.45) is 0 Å². The molecule has 0 aliphatic rings. The zero-order valence-electron chi connectivity index (χ0n) is 14.0. The van der Waals surface area contributed by atoms with Gasteiger partial charge in [-0.05, 0) is 49.4 Å². The van der Waals surface area contributed by atoms with E-state index in [1.54, 1.807) is 31.2 Å². The number of carbonyl (C=O) groups excluding carboxylic acids is 2. The lowest BCUT2D eigenvalue weighted by atomic mass is 10.3. The fourth-order valence-electron chi connectivity index (χ4n) is 2.01. The predicted molar refractivity (Wildman–Crippen MR) is 97.6 cm³/mol. The van der Waals surface area contributed by atoms with E-state index in [9.17, 15) is 18.0 Å². The van der Waals surface area contributed by atoms with Gasteiger partial charge < -0.3 is 10.1 Å². The molecular weight excluding hydrogens is 380 g/mol. The Bertz CT molecular complexity index is 913. The molecule has 7 nitrogen and oxygen atoms in total. The lowest BCUT2D eigenvalue weighted by molar-refractivity contribution is -0.122. The minimum Gasteiger partial charge on any atom is -0.481 e. The van der Waals surface area contributed by atoms with Crippen LogP contribution in [0, 0.1) is 0 Å². The van der Waals surface area contributed by atoms with Crippen molar-refractivity contribution in [3.05, 3.63) is 53.6 Å². The van der Waals surface area contributed by atoms with E-state index in [1.807, 2.05) is 4.72 Å². The largest absolute Gasteiger partial charge is 0.481 e. The minimum absolute atomic E-state index is 0.0890. The molecule has 2 rings (SSSR count). The summed E-state index contributed by atoms with van der Waals surface area (Å²) in [5.74, 6) is -0.645. The number of sulfonamides is 1. The number of benzene rings is 2. The number of nitrogens with one attached hydrogen (secondary N) is 2. The van der Waals surface area contributed by atoms with Crippen LogP contribution in [0.5, 0.6) is 5.75 Å². The molecule has 2 aromatic rings. The van der Waals surface area contributed by atoms with Gasteiger partial charge in [-0.1, -0.05) is 17.7 Å². The Kier molecular flexibility index (Phi) is 6.23. The summed E-state index contributed by atoms with van der Waals surface area (Å²) < 4.78 is 31.1. The molecule has 9 heteroatoms. The second-order valence-corrected chi connectivity index (χ2v) is 7.51. The van der Waals surface area contributed by atoms with Crippen LogP contribution in [0.1, 0.15) is 13.8 Å². The van der Waals surface area contributed by atoms with Crippen molar-refractivity contribution in [2.75, 3.05) is 5.32 Å². The predicted octanol–water partition coefficient (Wildman–Crippen LogP) is 2.57. The first kappa shape index (κ1) is 19.7. The van der Waals surface area contributed by atoms with E-state index in [-0.39, 0.29) is 4.90 Å².